The number of hydrogen-bond donors (Lipinski definition) is 2. The minimum Gasteiger partial charge on any atom is -0.351 e. The molecule has 2 aliphatic rings. The molecule has 2 N–H and O–H groups in total. The van der Waals surface area contributed by atoms with Crippen molar-refractivity contribution in [2.75, 3.05) is 13.1 Å². The van der Waals surface area contributed by atoms with Gasteiger partial charge in [-0.05, 0) is 38.2 Å². The zero-order chi connectivity index (χ0) is 21.5. The van der Waals surface area contributed by atoms with Gasteiger partial charge in [0, 0.05) is 38.4 Å². The lowest BCUT2D eigenvalue weighted by molar-refractivity contribution is -0.138. The van der Waals surface area contributed by atoms with Crippen molar-refractivity contribution < 1.29 is 14.4 Å². The molecular formula is C24H35N3O3. The number of piperidine rings is 1. The van der Waals surface area contributed by atoms with Crippen molar-refractivity contribution in [2.45, 2.75) is 77.3 Å². The topological polar surface area (TPSA) is 78.5 Å². The van der Waals surface area contributed by atoms with Crippen LogP contribution in [0.5, 0.6) is 0 Å². The predicted molar refractivity (Wildman–Crippen MR) is 117 cm³/mol. The average molecular weight is 414 g/mol. The highest BCUT2D eigenvalue weighted by molar-refractivity contribution is 5.87. The number of benzene rings is 1. The van der Waals surface area contributed by atoms with E-state index in [1.54, 1.807) is 0 Å². The van der Waals surface area contributed by atoms with Crippen molar-refractivity contribution in [2.24, 2.45) is 5.92 Å². The largest absolute Gasteiger partial charge is 0.351 e. The molecular weight excluding hydrogens is 378 g/mol. The lowest BCUT2D eigenvalue weighted by Crippen LogP contribution is -2.53. The molecule has 1 aromatic carbocycles. The van der Waals surface area contributed by atoms with Crippen molar-refractivity contribution in [1.82, 2.24) is 15.5 Å². The predicted octanol–water partition coefficient (Wildman–Crippen LogP) is 2.73. The molecule has 1 aromatic rings. The van der Waals surface area contributed by atoms with E-state index in [0.717, 1.165) is 49.7 Å². The van der Waals surface area contributed by atoms with Crippen LogP contribution in [0.4, 0.5) is 0 Å². The van der Waals surface area contributed by atoms with E-state index in [1.165, 1.54) is 13.3 Å². The zero-order valence-electron chi connectivity index (χ0n) is 18.3. The van der Waals surface area contributed by atoms with E-state index in [9.17, 15) is 14.4 Å². The Balaban J connectivity index is 1.51. The summed E-state index contributed by atoms with van der Waals surface area (Å²) in [6, 6.07) is 7.46. The molecule has 164 valence electrons. The molecule has 0 bridgehead atoms. The maximum Gasteiger partial charge on any atom is 0.243 e. The first-order valence-corrected chi connectivity index (χ1v) is 11.3. The van der Waals surface area contributed by atoms with E-state index < -0.39 is 6.04 Å². The molecule has 3 rings (SSSR count). The van der Waals surface area contributed by atoms with Crippen LogP contribution < -0.4 is 10.6 Å². The van der Waals surface area contributed by atoms with Gasteiger partial charge in [0.25, 0.3) is 0 Å². The molecule has 6 heteroatoms. The minimum atomic E-state index is -0.591. The summed E-state index contributed by atoms with van der Waals surface area (Å²) in [7, 11) is 0. The lowest BCUT2D eigenvalue weighted by atomic mass is 9.87. The molecule has 1 aliphatic heterocycles. The third kappa shape index (κ3) is 6.31. The molecule has 1 atom stereocenters. The van der Waals surface area contributed by atoms with Crippen LogP contribution in [0.2, 0.25) is 0 Å². The molecule has 1 saturated carbocycles. The van der Waals surface area contributed by atoms with Gasteiger partial charge in [0.2, 0.25) is 17.7 Å². The molecule has 0 radical (unpaired) electrons. The standard InChI is InChI=1S/C24H35N3O3/c1-17-8-10-19(11-9-17)16-22(25-18(2)28)23(29)26-21-12-14-27(15-13-21)24(30)20-6-4-3-5-7-20/h8-11,20-22H,3-7,12-16H2,1-2H3,(H,25,28)(H,26,29). The number of carbonyl (C=O) groups excluding carboxylic acids is 3. The Labute approximate surface area is 179 Å². The van der Waals surface area contributed by atoms with Crippen LogP contribution in [0.15, 0.2) is 24.3 Å². The third-order valence-electron chi connectivity index (χ3n) is 6.36. The van der Waals surface area contributed by atoms with Gasteiger partial charge in [-0.1, -0.05) is 49.1 Å². The van der Waals surface area contributed by atoms with Crippen LogP contribution in [-0.2, 0) is 20.8 Å². The van der Waals surface area contributed by atoms with Crippen molar-refractivity contribution in [3.63, 3.8) is 0 Å². The number of rotatable bonds is 6. The number of aryl methyl sites for hydroxylation is 1. The smallest absolute Gasteiger partial charge is 0.243 e. The first kappa shape index (κ1) is 22.3. The van der Waals surface area contributed by atoms with Crippen molar-refractivity contribution in [3.05, 3.63) is 35.4 Å². The van der Waals surface area contributed by atoms with Crippen molar-refractivity contribution in [3.8, 4) is 0 Å². The summed E-state index contributed by atoms with van der Waals surface area (Å²) < 4.78 is 0. The van der Waals surface area contributed by atoms with Gasteiger partial charge < -0.3 is 15.5 Å². The van der Waals surface area contributed by atoms with E-state index in [2.05, 4.69) is 10.6 Å². The van der Waals surface area contributed by atoms with Gasteiger partial charge in [0.05, 0.1) is 0 Å². The van der Waals surface area contributed by atoms with Crippen LogP contribution in [0.3, 0.4) is 0 Å². The fourth-order valence-corrected chi connectivity index (χ4v) is 4.57. The number of carbonyl (C=O) groups is 3. The van der Waals surface area contributed by atoms with Gasteiger partial charge in [0.1, 0.15) is 6.04 Å². The molecule has 1 saturated heterocycles. The van der Waals surface area contributed by atoms with Crippen molar-refractivity contribution in [1.29, 1.82) is 0 Å². The first-order chi connectivity index (χ1) is 14.4. The summed E-state index contributed by atoms with van der Waals surface area (Å²) in [5, 5.41) is 5.89. The fourth-order valence-electron chi connectivity index (χ4n) is 4.57. The van der Waals surface area contributed by atoms with Gasteiger partial charge in [-0.3, -0.25) is 14.4 Å². The summed E-state index contributed by atoms with van der Waals surface area (Å²) in [5.74, 6) is 0.136. The SMILES string of the molecule is CC(=O)NC(Cc1ccc(C)cc1)C(=O)NC1CCN(C(=O)C2CCCCC2)CC1. The Bertz CT molecular complexity index is 733. The van der Waals surface area contributed by atoms with Crippen LogP contribution in [0.25, 0.3) is 0 Å². The highest BCUT2D eigenvalue weighted by Gasteiger charge is 2.30. The minimum absolute atomic E-state index is 0.0437. The summed E-state index contributed by atoms with van der Waals surface area (Å²) >= 11 is 0. The van der Waals surface area contributed by atoms with Crippen LogP contribution >= 0.6 is 0 Å². The Morgan fingerprint density at radius 3 is 2.23 bits per heavy atom. The van der Waals surface area contributed by atoms with Gasteiger partial charge in [-0.15, -0.1) is 0 Å². The quantitative estimate of drug-likeness (QED) is 0.753. The Morgan fingerprint density at radius 2 is 1.63 bits per heavy atom. The van der Waals surface area contributed by atoms with Crippen LogP contribution in [0.1, 0.15) is 63.0 Å². The third-order valence-corrected chi connectivity index (χ3v) is 6.36. The normalized spacial score (nSPS) is 19.2. The van der Waals surface area contributed by atoms with Gasteiger partial charge >= 0.3 is 0 Å². The highest BCUT2D eigenvalue weighted by Crippen LogP contribution is 2.26. The molecule has 30 heavy (non-hydrogen) atoms. The second kappa shape index (κ2) is 10.6. The summed E-state index contributed by atoms with van der Waals surface area (Å²) in [5.41, 5.74) is 2.18. The second-order valence-corrected chi connectivity index (χ2v) is 8.89. The van der Waals surface area contributed by atoms with E-state index >= 15 is 0 Å². The Hall–Kier alpha value is -2.37. The zero-order valence-corrected chi connectivity index (χ0v) is 18.3. The molecule has 0 spiro atoms. The van der Waals surface area contributed by atoms with Gasteiger partial charge in [0.15, 0.2) is 0 Å². The molecule has 1 aliphatic carbocycles. The Morgan fingerprint density at radius 1 is 1.00 bits per heavy atom. The first-order valence-electron chi connectivity index (χ1n) is 11.3. The van der Waals surface area contributed by atoms with Crippen molar-refractivity contribution >= 4 is 17.7 Å². The summed E-state index contributed by atoms with van der Waals surface area (Å²) in [4.78, 5) is 39.2. The van der Waals surface area contributed by atoms with Crippen LogP contribution in [-0.4, -0.2) is 47.8 Å². The summed E-state index contributed by atoms with van der Waals surface area (Å²) in [6.07, 6.45) is 7.60. The van der Waals surface area contributed by atoms with E-state index in [-0.39, 0.29) is 23.8 Å². The van der Waals surface area contributed by atoms with E-state index in [4.69, 9.17) is 0 Å². The molecule has 1 unspecified atom stereocenters. The number of likely N-dealkylation sites (tertiary alicyclic amines) is 1. The van der Waals surface area contributed by atoms with E-state index in [1.807, 2.05) is 36.1 Å². The number of hydrogen-bond acceptors (Lipinski definition) is 3. The average Bonchev–Trinajstić information content (AvgIpc) is 2.75. The fraction of sp³-hybridized carbons (Fsp3) is 0.625. The molecule has 6 nitrogen and oxygen atoms in total. The molecule has 0 aromatic heterocycles. The van der Waals surface area contributed by atoms with Crippen LogP contribution in [0, 0.1) is 12.8 Å². The molecule has 3 amide bonds. The maximum atomic E-state index is 12.9. The Kier molecular flexibility index (Phi) is 7.88. The number of amides is 3. The number of nitrogens with one attached hydrogen (secondary N) is 2. The van der Waals surface area contributed by atoms with Gasteiger partial charge in [-0.25, -0.2) is 0 Å². The number of nitrogens with zero attached hydrogens (tertiary/aromatic N) is 1. The molecule has 2 fully saturated rings. The van der Waals surface area contributed by atoms with E-state index in [0.29, 0.717) is 25.4 Å². The monoisotopic (exact) mass is 413 g/mol. The second-order valence-electron chi connectivity index (χ2n) is 8.89. The maximum absolute atomic E-state index is 12.9. The van der Waals surface area contributed by atoms with Gasteiger partial charge in [-0.2, -0.15) is 0 Å². The summed E-state index contributed by atoms with van der Waals surface area (Å²) in [6.45, 7) is 4.85. The molecule has 1 heterocycles. The lowest BCUT2D eigenvalue weighted by Gasteiger charge is -2.36. The highest BCUT2D eigenvalue weighted by atomic mass is 16.2.